The molecule has 0 radical (unpaired) electrons. The van der Waals surface area contributed by atoms with Crippen LogP contribution < -0.4 is 24.8 Å². The number of amides is 1. The van der Waals surface area contributed by atoms with E-state index in [0.29, 0.717) is 34.3 Å². The van der Waals surface area contributed by atoms with Crippen molar-refractivity contribution in [2.24, 2.45) is 0 Å². The normalized spacial score (nSPS) is 10.5. The summed E-state index contributed by atoms with van der Waals surface area (Å²) in [5.74, 6) is 2.59. The number of aromatic amines is 1. The maximum Gasteiger partial charge on any atom is 0.255 e. The highest BCUT2D eigenvalue weighted by molar-refractivity contribution is 7.98. The Morgan fingerprint density at radius 2 is 1.63 bits per heavy atom. The number of para-hydroxylation sites is 1. The van der Waals surface area contributed by atoms with Crippen LogP contribution in [0.4, 0.5) is 17.2 Å². The topological polar surface area (TPSA) is 97.5 Å². The summed E-state index contributed by atoms with van der Waals surface area (Å²) in [6.07, 6.45) is 0. The molecule has 3 N–H and O–H groups in total. The van der Waals surface area contributed by atoms with Crippen molar-refractivity contribution in [2.45, 2.75) is 10.6 Å². The van der Waals surface area contributed by atoms with Gasteiger partial charge in [-0.15, -0.1) is 11.8 Å². The minimum Gasteiger partial charge on any atom is -0.493 e. The lowest BCUT2D eigenvalue weighted by atomic mass is 10.2. The van der Waals surface area contributed by atoms with Gasteiger partial charge in [-0.05, 0) is 30.3 Å². The minimum absolute atomic E-state index is 0.238. The third-order valence-electron chi connectivity index (χ3n) is 5.09. The number of anilines is 3. The molecular formula is C26H26N4O4S. The average molecular weight is 491 g/mol. The molecule has 0 fully saturated rings. The summed E-state index contributed by atoms with van der Waals surface area (Å²) in [7, 11) is 4.60. The number of nitrogens with zero attached hydrogens (tertiary/aromatic N) is 1. The van der Waals surface area contributed by atoms with Crippen molar-refractivity contribution in [1.82, 2.24) is 10.2 Å². The summed E-state index contributed by atoms with van der Waals surface area (Å²) in [5.41, 5.74) is 3.03. The zero-order valence-electron chi connectivity index (χ0n) is 19.6. The lowest BCUT2D eigenvalue weighted by Crippen LogP contribution is -2.12. The van der Waals surface area contributed by atoms with Crippen LogP contribution in [0.15, 0.2) is 77.7 Å². The van der Waals surface area contributed by atoms with E-state index in [1.54, 1.807) is 30.0 Å². The van der Waals surface area contributed by atoms with Crippen molar-refractivity contribution in [3.63, 3.8) is 0 Å². The first-order valence-electron chi connectivity index (χ1n) is 10.8. The predicted octanol–water partition coefficient (Wildman–Crippen LogP) is 5.72. The number of hydrogen-bond donors (Lipinski definition) is 3. The second-order valence-electron chi connectivity index (χ2n) is 7.45. The number of carbonyl (C=O) groups is 1. The number of carbonyl (C=O) groups excluding carboxylic acids is 1. The summed E-state index contributed by atoms with van der Waals surface area (Å²) in [6, 6.07) is 22.7. The van der Waals surface area contributed by atoms with Crippen LogP contribution in [0, 0.1) is 0 Å². The summed E-state index contributed by atoms with van der Waals surface area (Å²) in [4.78, 5) is 13.9. The van der Waals surface area contributed by atoms with Crippen LogP contribution in [0.1, 0.15) is 16.1 Å². The molecular weight excluding hydrogens is 464 g/mol. The highest BCUT2D eigenvalue weighted by Crippen LogP contribution is 2.40. The molecule has 0 aliphatic rings. The predicted molar refractivity (Wildman–Crippen MR) is 138 cm³/mol. The van der Waals surface area contributed by atoms with E-state index in [-0.39, 0.29) is 5.91 Å². The summed E-state index contributed by atoms with van der Waals surface area (Å²) >= 11 is 1.61. The molecule has 0 aliphatic carbocycles. The standard InChI is InChI=1S/C26H26N4O4S/c1-32-22-13-19(14-23(33-2)25(22)34-3)28-26(31)17-8-7-11-21(12-17)35-16-20-15-24(30-29-20)27-18-9-5-4-6-10-18/h4-15H,16H2,1-3H3,(H,28,31)(H2,27,29,30). The first-order chi connectivity index (χ1) is 17.1. The van der Waals surface area contributed by atoms with Gasteiger partial charge in [-0.3, -0.25) is 9.89 Å². The fraction of sp³-hybridized carbons (Fsp3) is 0.154. The van der Waals surface area contributed by atoms with Gasteiger partial charge in [0, 0.05) is 51.5 Å². The van der Waals surface area contributed by atoms with Gasteiger partial charge in [0.1, 0.15) is 0 Å². The number of methoxy groups -OCH3 is 3. The van der Waals surface area contributed by atoms with Crippen LogP contribution in [0.2, 0.25) is 0 Å². The van der Waals surface area contributed by atoms with E-state index in [0.717, 1.165) is 22.1 Å². The highest BCUT2D eigenvalue weighted by atomic mass is 32.2. The zero-order chi connectivity index (χ0) is 24.6. The fourth-order valence-corrected chi connectivity index (χ4v) is 4.27. The molecule has 1 amide bonds. The van der Waals surface area contributed by atoms with E-state index < -0.39 is 0 Å². The number of benzene rings is 3. The number of nitrogens with one attached hydrogen (secondary N) is 3. The number of ether oxygens (including phenoxy) is 3. The Labute approximate surface area is 208 Å². The molecule has 0 unspecified atom stereocenters. The molecule has 0 saturated heterocycles. The van der Waals surface area contributed by atoms with Crippen LogP contribution in [0.25, 0.3) is 0 Å². The molecule has 35 heavy (non-hydrogen) atoms. The average Bonchev–Trinajstić information content (AvgIpc) is 3.34. The van der Waals surface area contributed by atoms with Crippen molar-refractivity contribution >= 4 is 34.9 Å². The first kappa shape index (κ1) is 24.0. The van der Waals surface area contributed by atoms with E-state index >= 15 is 0 Å². The summed E-state index contributed by atoms with van der Waals surface area (Å²) < 4.78 is 16.1. The largest absolute Gasteiger partial charge is 0.493 e. The number of aromatic nitrogens is 2. The van der Waals surface area contributed by atoms with Crippen molar-refractivity contribution in [3.05, 3.63) is 84.1 Å². The Hall–Kier alpha value is -4.11. The van der Waals surface area contributed by atoms with Crippen LogP contribution in [-0.4, -0.2) is 37.4 Å². The summed E-state index contributed by atoms with van der Waals surface area (Å²) in [5, 5.41) is 13.5. The van der Waals surface area contributed by atoms with Crippen molar-refractivity contribution in [1.29, 1.82) is 0 Å². The monoisotopic (exact) mass is 490 g/mol. The van der Waals surface area contributed by atoms with Crippen molar-refractivity contribution < 1.29 is 19.0 Å². The molecule has 3 aromatic carbocycles. The number of hydrogen-bond acceptors (Lipinski definition) is 7. The molecule has 4 rings (SSSR count). The fourth-order valence-electron chi connectivity index (χ4n) is 3.41. The molecule has 1 heterocycles. The van der Waals surface area contributed by atoms with Gasteiger partial charge in [0.25, 0.3) is 5.91 Å². The van der Waals surface area contributed by atoms with Crippen LogP contribution >= 0.6 is 11.8 Å². The van der Waals surface area contributed by atoms with Crippen LogP contribution in [-0.2, 0) is 5.75 Å². The van der Waals surface area contributed by atoms with E-state index in [9.17, 15) is 4.79 Å². The number of H-pyrrole nitrogens is 1. The molecule has 180 valence electrons. The maximum atomic E-state index is 12.9. The minimum atomic E-state index is -0.238. The Kier molecular flexibility index (Phi) is 7.79. The van der Waals surface area contributed by atoms with Gasteiger partial charge < -0.3 is 24.8 Å². The second kappa shape index (κ2) is 11.3. The Morgan fingerprint density at radius 3 is 2.31 bits per heavy atom. The van der Waals surface area contributed by atoms with Gasteiger partial charge in [-0.25, -0.2) is 0 Å². The molecule has 0 aliphatic heterocycles. The smallest absolute Gasteiger partial charge is 0.255 e. The molecule has 0 saturated carbocycles. The Bertz CT molecular complexity index is 1270. The van der Waals surface area contributed by atoms with E-state index in [1.807, 2.05) is 54.6 Å². The molecule has 8 nitrogen and oxygen atoms in total. The van der Waals surface area contributed by atoms with Gasteiger partial charge in [-0.2, -0.15) is 5.10 Å². The van der Waals surface area contributed by atoms with Crippen LogP contribution in [0.3, 0.4) is 0 Å². The highest BCUT2D eigenvalue weighted by Gasteiger charge is 2.15. The third-order valence-corrected chi connectivity index (χ3v) is 6.13. The molecule has 0 atom stereocenters. The second-order valence-corrected chi connectivity index (χ2v) is 8.50. The van der Waals surface area contributed by atoms with Gasteiger partial charge in [0.2, 0.25) is 5.75 Å². The van der Waals surface area contributed by atoms with Gasteiger partial charge in [-0.1, -0.05) is 24.3 Å². The molecule has 1 aromatic heterocycles. The van der Waals surface area contributed by atoms with E-state index in [4.69, 9.17) is 14.2 Å². The van der Waals surface area contributed by atoms with Crippen molar-refractivity contribution in [3.8, 4) is 17.2 Å². The van der Waals surface area contributed by atoms with Gasteiger partial charge >= 0.3 is 0 Å². The molecule has 0 spiro atoms. The molecule has 4 aromatic rings. The lowest BCUT2D eigenvalue weighted by Gasteiger charge is -2.14. The SMILES string of the molecule is COc1cc(NC(=O)c2cccc(SCc3cc(Nc4ccccc4)n[nH]3)c2)cc(OC)c1OC. The number of rotatable bonds is 10. The van der Waals surface area contributed by atoms with Gasteiger partial charge in [0.15, 0.2) is 17.3 Å². The Morgan fingerprint density at radius 1 is 0.886 bits per heavy atom. The number of thioether (sulfide) groups is 1. The lowest BCUT2D eigenvalue weighted by molar-refractivity contribution is 0.102. The van der Waals surface area contributed by atoms with E-state index in [2.05, 4.69) is 20.8 Å². The quantitative estimate of drug-likeness (QED) is 0.245. The van der Waals surface area contributed by atoms with Gasteiger partial charge in [0.05, 0.1) is 21.3 Å². The van der Waals surface area contributed by atoms with Crippen LogP contribution in [0.5, 0.6) is 17.2 Å². The summed E-state index contributed by atoms with van der Waals surface area (Å²) in [6.45, 7) is 0. The zero-order valence-corrected chi connectivity index (χ0v) is 20.4. The van der Waals surface area contributed by atoms with Crippen molar-refractivity contribution in [2.75, 3.05) is 32.0 Å². The molecule has 9 heteroatoms. The maximum absolute atomic E-state index is 12.9. The molecule has 0 bridgehead atoms. The Balaban J connectivity index is 1.40. The third kappa shape index (κ3) is 6.07. The first-order valence-corrected chi connectivity index (χ1v) is 11.8. The van der Waals surface area contributed by atoms with E-state index in [1.165, 1.54) is 21.3 Å².